The van der Waals surface area contributed by atoms with E-state index in [-0.39, 0.29) is 0 Å². The number of rotatable bonds is 3. The van der Waals surface area contributed by atoms with Gasteiger partial charge in [-0.15, -0.1) is 11.8 Å². The summed E-state index contributed by atoms with van der Waals surface area (Å²) in [6.07, 6.45) is 3.64. The minimum atomic E-state index is 0.705. The lowest BCUT2D eigenvalue weighted by molar-refractivity contribution is 0.867. The number of hydrogen-bond acceptors (Lipinski definition) is 2. The van der Waals surface area contributed by atoms with Crippen LogP contribution in [0.25, 0.3) is 0 Å². The van der Waals surface area contributed by atoms with Crippen LogP contribution in [0.4, 0.5) is 0 Å². The van der Waals surface area contributed by atoms with Crippen LogP contribution >= 0.6 is 35.0 Å². The van der Waals surface area contributed by atoms with E-state index in [1.165, 1.54) is 0 Å². The Morgan fingerprint density at radius 1 is 1.38 bits per heavy atom. The first-order valence-corrected chi connectivity index (χ1v) is 6.44. The highest BCUT2D eigenvalue weighted by molar-refractivity contribution is 7.98. The van der Waals surface area contributed by atoms with Gasteiger partial charge >= 0.3 is 0 Å². The average molecular weight is 273 g/mol. The molecule has 2 aromatic rings. The van der Waals surface area contributed by atoms with Crippen LogP contribution in [-0.4, -0.2) is 9.55 Å². The van der Waals surface area contributed by atoms with Gasteiger partial charge in [-0.3, -0.25) is 0 Å². The zero-order valence-electron chi connectivity index (χ0n) is 8.65. The molecule has 0 spiro atoms. The van der Waals surface area contributed by atoms with E-state index in [9.17, 15) is 0 Å². The summed E-state index contributed by atoms with van der Waals surface area (Å²) in [5, 5.41) is 1.44. The Morgan fingerprint density at radius 3 is 2.88 bits per heavy atom. The predicted molar refractivity (Wildman–Crippen MR) is 69.2 cm³/mol. The number of nitrogens with zero attached hydrogens (tertiary/aromatic N) is 2. The SMILES string of the molecule is Cn1cncc1CSc1cc(Cl)ccc1Cl. The minimum absolute atomic E-state index is 0.705. The predicted octanol–water partition coefficient (Wildman–Crippen LogP) is 4.02. The van der Waals surface area contributed by atoms with Gasteiger partial charge in [0.1, 0.15) is 0 Å². The van der Waals surface area contributed by atoms with Gasteiger partial charge < -0.3 is 4.57 Å². The van der Waals surface area contributed by atoms with E-state index in [0.29, 0.717) is 5.02 Å². The van der Waals surface area contributed by atoms with Crippen LogP contribution < -0.4 is 0 Å². The second-order valence-corrected chi connectivity index (χ2v) is 5.22. The first kappa shape index (κ1) is 11.8. The van der Waals surface area contributed by atoms with Crippen LogP contribution in [0.5, 0.6) is 0 Å². The molecule has 0 bridgehead atoms. The van der Waals surface area contributed by atoms with Crippen molar-refractivity contribution < 1.29 is 0 Å². The molecule has 0 atom stereocenters. The Hall–Kier alpha value is -0.640. The summed E-state index contributed by atoms with van der Waals surface area (Å²) in [4.78, 5) is 5.06. The summed E-state index contributed by atoms with van der Waals surface area (Å²) in [6.45, 7) is 0. The Kier molecular flexibility index (Phi) is 3.79. The Morgan fingerprint density at radius 2 is 2.19 bits per heavy atom. The minimum Gasteiger partial charge on any atom is -0.337 e. The summed E-state index contributed by atoms with van der Waals surface area (Å²) in [7, 11) is 1.97. The normalized spacial score (nSPS) is 10.7. The average Bonchev–Trinajstić information content (AvgIpc) is 2.66. The Bertz CT molecular complexity index is 496. The van der Waals surface area contributed by atoms with Gasteiger partial charge in [0.05, 0.1) is 11.3 Å². The third kappa shape index (κ3) is 2.73. The Labute approximate surface area is 109 Å². The molecule has 0 saturated carbocycles. The van der Waals surface area contributed by atoms with Gasteiger partial charge in [-0.1, -0.05) is 23.2 Å². The maximum absolute atomic E-state index is 6.07. The van der Waals surface area contributed by atoms with E-state index in [1.54, 1.807) is 24.2 Å². The zero-order valence-corrected chi connectivity index (χ0v) is 11.0. The molecular weight excluding hydrogens is 263 g/mol. The summed E-state index contributed by atoms with van der Waals surface area (Å²) in [6, 6.07) is 5.48. The Balaban J connectivity index is 2.10. The lowest BCUT2D eigenvalue weighted by Gasteiger charge is -2.05. The quantitative estimate of drug-likeness (QED) is 0.786. The fourth-order valence-electron chi connectivity index (χ4n) is 1.26. The van der Waals surface area contributed by atoms with Crippen LogP contribution in [0.2, 0.25) is 10.0 Å². The second-order valence-electron chi connectivity index (χ2n) is 3.36. The maximum atomic E-state index is 6.07. The highest BCUT2D eigenvalue weighted by Gasteiger charge is 2.04. The van der Waals surface area contributed by atoms with Gasteiger partial charge in [0.25, 0.3) is 0 Å². The molecule has 0 aliphatic carbocycles. The van der Waals surface area contributed by atoms with E-state index in [0.717, 1.165) is 21.4 Å². The number of halogens is 2. The van der Waals surface area contributed by atoms with Crippen LogP contribution in [0, 0.1) is 0 Å². The molecular formula is C11H10Cl2N2S. The molecule has 0 saturated heterocycles. The smallest absolute Gasteiger partial charge is 0.0945 e. The molecule has 2 nitrogen and oxygen atoms in total. The van der Waals surface area contributed by atoms with Gasteiger partial charge in [0, 0.05) is 34.6 Å². The topological polar surface area (TPSA) is 17.8 Å². The van der Waals surface area contributed by atoms with E-state index < -0.39 is 0 Å². The van der Waals surface area contributed by atoms with Crippen molar-refractivity contribution in [1.29, 1.82) is 0 Å². The molecule has 1 aromatic heterocycles. The van der Waals surface area contributed by atoms with Gasteiger partial charge in [-0.2, -0.15) is 0 Å². The molecule has 84 valence electrons. The van der Waals surface area contributed by atoms with Crippen LogP contribution in [0.3, 0.4) is 0 Å². The van der Waals surface area contributed by atoms with Crippen molar-refractivity contribution in [2.75, 3.05) is 0 Å². The molecule has 2 rings (SSSR count). The van der Waals surface area contributed by atoms with Gasteiger partial charge in [0.2, 0.25) is 0 Å². The number of imidazole rings is 1. The van der Waals surface area contributed by atoms with Crippen molar-refractivity contribution in [1.82, 2.24) is 9.55 Å². The number of hydrogen-bond donors (Lipinski definition) is 0. The molecule has 0 radical (unpaired) electrons. The third-order valence-electron chi connectivity index (χ3n) is 2.19. The van der Waals surface area contributed by atoms with Crippen molar-refractivity contribution in [3.05, 3.63) is 46.5 Å². The molecule has 0 N–H and O–H groups in total. The van der Waals surface area contributed by atoms with Crippen LogP contribution in [0.15, 0.2) is 35.6 Å². The lowest BCUT2D eigenvalue weighted by Crippen LogP contribution is -1.92. The number of aromatic nitrogens is 2. The van der Waals surface area contributed by atoms with E-state index in [1.807, 2.05) is 29.9 Å². The molecule has 0 amide bonds. The highest BCUT2D eigenvalue weighted by atomic mass is 35.5. The summed E-state index contributed by atoms with van der Waals surface area (Å²) in [5.74, 6) is 0.830. The summed E-state index contributed by atoms with van der Waals surface area (Å²) >= 11 is 13.6. The van der Waals surface area contributed by atoms with Crippen molar-refractivity contribution in [2.45, 2.75) is 10.6 Å². The number of benzene rings is 1. The lowest BCUT2D eigenvalue weighted by atomic mass is 10.4. The zero-order chi connectivity index (χ0) is 11.5. The molecule has 1 aromatic carbocycles. The summed E-state index contributed by atoms with van der Waals surface area (Å²) < 4.78 is 1.99. The van der Waals surface area contributed by atoms with E-state index in [2.05, 4.69) is 4.98 Å². The first-order valence-electron chi connectivity index (χ1n) is 4.70. The highest BCUT2D eigenvalue weighted by Crippen LogP contribution is 2.31. The molecule has 0 aliphatic heterocycles. The van der Waals surface area contributed by atoms with Crippen LogP contribution in [0.1, 0.15) is 5.69 Å². The van der Waals surface area contributed by atoms with Crippen molar-refractivity contribution in [2.24, 2.45) is 7.05 Å². The molecule has 16 heavy (non-hydrogen) atoms. The van der Waals surface area contributed by atoms with Crippen molar-refractivity contribution >= 4 is 35.0 Å². The van der Waals surface area contributed by atoms with Gasteiger partial charge in [-0.25, -0.2) is 4.98 Å². The fourth-order valence-corrected chi connectivity index (χ4v) is 2.78. The number of thioether (sulfide) groups is 1. The van der Waals surface area contributed by atoms with Gasteiger partial charge in [-0.05, 0) is 18.2 Å². The first-order chi connectivity index (χ1) is 7.66. The van der Waals surface area contributed by atoms with E-state index in [4.69, 9.17) is 23.2 Å². The summed E-state index contributed by atoms with van der Waals surface area (Å²) in [5.41, 5.74) is 1.15. The van der Waals surface area contributed by atoms with Crippen molar-refractivity contribution in [3.8, 4) is 0 Å². The number of aryl methyl sites for hydroxylation is 1. The third-order valence-corrected chi connectivity index (χ3v) is 3.95. The monoisotopic (exact) mass is 272 g/mol. The van der Waals surface area contributed by atoms with Crippen LogP contribution in [-0.2, 0) is 12.8 Å². The van der Waals surface area contributed by atoms with E-state index >= 15 is 0 Å². The van der Waals surface area contributed by atoms with Crippen molar-refractivity contribution in [3.63, 3.8) is 0 Å². The molecule has 0 fully saturated rings. The maximum Gasteiger partial charge on any atom is 0.0945 e. The molecule has 1 heterocycles. The standard InChI is InChI=1S/C11H10Cl2N2S/c1-15-7-14-5-9(15)6-16-11-4-8(12)2-3-10(11)13/h2-5,7H,6H2,1H3. The second kappa shape index (κ2) is 5.13. The van der Waals surface area contributed by atoms with Gasteiger partial charge in [0.15, 0.2) is 0 Å². The molecule has 0 unspecified atom stereocenters. The fraction of sp³-hybridized carbons (Fsp3) is 0.182. The molecule has 0 aliphatic rings. The molecule has 5 heteroatoms. The largest absolute Gasteiger partial charge is 0.337 e.